The molecule has 2 atom stereocenters. The van der Waals surface area contributed by atoms with Gasteiger partial charge >= 0.3 is 0 Å². The lowest BCUT2D eigenvalue weighted by Gasteiger charge is -2.50. The van der Waals surface area contributed by atoms with Gasteiger partial charge < -0.3 is 10.0 Å². The summed E-state index contributed by atoms with van der Waals surface area (Å²) in [5.41, 5.74) is 2.03. The van der Waals surface area contributed by atoms with Gasteiger partial charge in [-0.2, -0.15) is 0 Å². The summed E-state index contributed by atoms with van der Waals surface area (Å²) in [6.07, 6.45) is 3.71. The Labute approximate surface area is 122 Å². The van der Waals surface area contributed by atoms with Gasteiger partial charge in [0.05, 0.1) is 0 Å². The first-order valence-corrected chi connectivity index (χ1v) is 7.92. The topological polar surface area (TPSA) is 23.5 Å². The smallest absolute Gasteiger partial charge is 0.118 e. The van der Waals surface area contributed by atoms with Crippen molar-refractivity contribution >= 4 is 0 Å². The van der Waals surface area contributed by atoms with Gasteiger partial charge in [-0.05, 0) is 47.6 Å². The van der Waals surface area contributed by atoms with Gasteiger partial charge in [0, 0.05) is 19.6 Å². The van der Waals surface area contributed by atoms with Crippen LogP contribution in [0.2, 0.25) is 0 Å². The molecule has 1 unspecified atom stereocenters. The fourth-order valence-corrected chi connectivity index (χ4v) is 4.31. The van der Waals surface area contributed by atoms with E-state index < -0.39 is 0 Å². The van der Waals surface area contributed by atoms with Gasteiger partial charge in [0.2, 0.25) is 0 Å². The molecule has 2 aliphatic rings. The number of piperidine rings is 1. The van der Waals surface area contributed by atoms with E-state index in [4.69, 9.17) is 0 Å². The van der Waals surface area contributed by atoms with Crippen molar-refractivity contribution in [2.75, 3.05) is 19.6 Å². The molecule has 20 heavy (non-hydrogen) atoms. The number of phenols is 1. The van der Waals surface area contributed by atoms with Gasteiger partial charge in [-0.15, -0.1) is 0 Å². The van der Waals surface area contributed by atoms with Gasteiger partial charge in [0.25, 0.3) is 0 Å². The van der Waals surface area contributed by atoms with E-state index in [2.05, 4.69) is 25.7 Å². The van der Waals surface area contributed by atoms with Crippen LogP contribution in [0.1, 0.15) is 39.2 Å². The number of rotatable bonds is 3. The third-order valence-electron chi connectivity index (χ3n) is 6.36. The zero-order valence-corrected chi connectivity index (χ0v) is 13.0. The number of hydrogen-bond donors (Lipinski definition) is 1. The molecule has 1 saturated carbocycles. The molecule has 0 aromatic heterocycles. The van der Waals surface area contributed by atoms with Crippen LogP contribution in [0.3, 0.4) is 0 Å². The summed E-state index contributed by atoms with van der Waals surface area (Å²) in [7, 11) is 0. The van der Waals surface area contributed by atoms with E-state index in [1.807, 2.05) is 18.2 Å². The fraction of sp³-hybridized carbons (Fsp3) is 0.667. The normalized spacial score (nSPS) is 32.5. The zero-order chi connectivity index (χ0) is 14.4. The largest absolute Gasteiger partial charge is 0.508 e. The fourth-order valence-electron chi connectivity index (χ4n) is 4.31. The van der Waals surface area contributed by atoms with Gasteiger partial charge in [0.1, 0.15) is 5.75 Å². The van der Waals surface area contributed by atoms with Crippen LogP contribution in [0.5, 0.6) is 5.75 Å². The monoisotopic (exact) mass is 273 g/mol. The Kier molecular flexibility index (Phi) is 3.32. The van der Waals surface area contributed by atoms with Crippen LogP contribution in [0.15, 0.2) is 24.3 Å². The minimum atomic E-state index is 0.444. The molecule has 2 fully saturated rings. The Hall–Kier alpha value is -1.02. The predicted molar refractivity (Wildman–Crippen MR) is 82.9 cm³/mol. The second kappa shape index (κ2) is 4.77. The summed E-state index contributed by atoms with van der Waals surface area (Å²) < 4.78 is 0. The summed E-state index contributed by atoms with van der Waals surface area (Å²) in [5.74, 6) is 1.28. The van der Waals surface area contributed by atoms with Crippen LogP contribution in [-0.4, -0.2) is 29.6 Å². The van der Waals surface area contributed by atoms with E-state index in [-0.39, 0.29) is 0 Å². The van der Waals surface area contributed by atoms with Crippen LogP contribution in [0.4, 0.5) is 0 Å². The maximum atomic E-state index is 9.87. The van der Waals surface area contributed by atoms with Gasteiger partial charge in [0.15, 0.2) is 0 Å². The molecule has 1 saturated heterocycles. The maximum Gasteiger partial charge on any atom is 0.118 e. The second-order valence-corrected chi connectivity index (χ2v) is 7.63. The van der Waals surface area contributed by atoms with E-state index in [0.717, 1.165) is 24.4 Å². The molecule has 1 aromatic carbocycles. The van der Waals surface area contributed by atoms with Crippen molar-refractivity contribution in [2.45, 2.75) is 40.0 Å². The standard InChI is InChI=1S/C18H27NO/c1-17(2)15-8-10-18(17,3)13-19(12-15)11-9-14-6-4-5-7-16(14)20/h4-7,15,20H,8-13H2,1-3H3/t15?,18-/m0/s1. The summed E-state index contributed by atoms with van der Waals surface area (Å²) in [4.78, 5) is 2.62. The Balaban J connectivity index is 1.65. The van der Waals surface area contributed by atoms with Crippen LogP contribution >= 0.6 is 0 Å². The molecule has 0 amide bonds. The number of likely N-dealkylation sites (tertiary alicyclic amines) is 1. The molecule has 1 heterocycles. The molecule has 1 N–H and O–H groups in total. The van der Waals surface area contributed by atoms with E-state index in [1.165, 1.54) is 25.9 Å². The van der Waals surface area contributed by atoms with Crippen molar-refractivity contribution in [1.82, 2.24) is 4.90 Å². The molecule has 0 radical (unpaired) electrons. The predicted octanol–water partition coefficient (Wildman–Crippen LogP) is 3.69. The Morgan fingerprint density at radius 2 is 2.00 bits per heavy atom. The summed E-state index contributed by atoms with van der Waals surface area (Å²) >= 11 is 0. The van der Waals surface area contributed by atoms with Crippen molar-refractivity contribution in [3.63, 3.8) is 0 Å². The minimum Gasteiger partial charge on any atom is -0.508 e. The molecule has 2 bridgehead atoms. The van der Waals surface area contributed by atoms with Crippen LogP contribution in [-0.2, 0) is 6.42 Å². The van der Waals surface area contributed by atoms with Crippen molar-refractivity contribution in [1.29, 1.82) is 0 Å². The first kappa shape index (κ1) is 13.9. The maximum absolute atomic E-state index is 9.87. The number of aromatic hydroxyl groups is 1. The highest BCUT2D eigenvalue weighted by atomic mass is 16.3. The molecular formula is C18H27NO. The van der Waals surface area contributed by atoms with E-state index >= 15 is 0 Å². The Morgan fingerprint density at radius 1 is 1.25 bits per heavy atom. The average molecular weight is 273 g/mol. The number of benzene rings is 1. The Bertz CT molecular complexity index is 496. The molecule has 2 heteroatoms. The third-order valence-corrected chi connectivity index (χ3v) is 6.36. The van der Waals surface area contributed by atoms with Crippen LogP contribution < -0.4 is 0 Å². The molecule has 1 aromatic rings. The van der Waals surface area contributed by atoms with E-state index in [0.29, 0.717) is 16.6 Å². The first-order valence-electron chi connectivity index (χ1n) is 7.92. The number of nitrogens with zero attached hydrogens (tertiary/aromatic N) is 1. The molecule has 3 rings (SSSR count). The Morgan fingerprint density at radius 3 is 2.70 bits per heavy atom. The molecular weight excluding hydrogens is 246 g/mol. The highest BCUT2D eigenvalue weighted by Crippen LogP contribution is 2.58. The number of fused-ring (bicyclic) bond motifs is 2. The number of phenolic OH excluding ortho intramolecular Hbond substituents is 1. The summed E-state index contributed by atoms with van der Waals surface area (Å²) in [6.45, 7) is 10.9. The van der Waals surface area contributed by atoms with E-state index in [9.17, 15) is 5.11 Å². The van der Waals surface area contributed by atoms with Crippen molar-refractivity contribution in [3.05, 3.63) is 29.8 Å². The first-order chi connectivity index (χ1) is 9.42. The van der Waals surface area contributed by atoms with Crippen LogP contribution in [0, 0.1) is 16.7 Å². The van der Waals surface area contributed by atoms with Crippen molar-refractivity contribution in [3.8, 4) is 5.75 Å². The van der Waals surface area contributed by atoms with Gasteiger partial charge in [-0.1, -0.05) is 39.0 Å². The van der Waals surface area contributed by atoms with Gasteiger partial charge in [-0.3, -0.25) is 0 Å². The van der Waals surface area contributed by atoms with E-state index in [1.54, 1.807) is 6.07 Å². The highest BCUT2D eigenvalue weighted by molar-refractivity contribution is 5.31. The summed E-state index contributed by atoms with van der Waals surface area (Å²) in [6, 6.07) is 7.74. The average Bonchev–Trinajstić information content (AvgIpc) is 2.55. The van der Waals surface area contributed by atoms with Crippen LogP contribution in [0.25, 0.3) is 0 Å². The molecule has 2 nitrogen and oxygen atoms in total. The summed E-state index contributed by atoms with van der Waals surface area (Å²) in [5, 5.41) is 9.87. The second-order valence-electron chi connectivity index (χ2n) is 7.63. The highest BCUT2D eigenvalue weighted by Gasteiger charge is 2.55. The lowest BCUT2D eigenvalue weighted by atomic mass is 9.63. The quantitative estimate of drug-likeness (QED) is 0.908. The van der Waals surface area contributed by atoms with Crippen molar-refractivity contribution in [2.24, 2.45) is 16.7 Å². The third kappa shape index (κ3) is 2.14. The lowest BCUT2D eigenvalue weighted by molar-refractivity contribution is -0.0170. The SMILES string of the molecule is CC1(C)C2CC[C@@]1(C)CN(CCc1ccccc1O)C2. The number of para-hydroxylation sites is 1. The molecule has 1 aliphatic heterocycles. The number of hydrogen-bond acceptors (Lipinski definition) is 2. The zero-order valence-electron chi connectivity index (χ0n) is 13.0. The molecule has 110 valence electrons. The van der Waals surface area contributed by atoms with Gasteiger partial charge in [-0.25, -0.2) is 0 Å². The lowest BCUT2D eigenvalue weighted by Crippen LogP contribution is -2.52. The van der Waals surface area contributed by atoms with Crippen molar-refractivity contribution < 1.29 is 5.11 Å². The molecule has 1 aliphatic carbocycles. The molecule has 0 spiro atoms. The minimum absolute atomic E-state index is 0.444.